The third-order valence-electron chi connectivity index (χ3n) is 2.34. The standard InChI is InChI=1S/C12H18O3/c1-12(2,15)10-5-3-9(4-6-10)7-11(14)8-13/h3-6,11,13-15H,7-8H2,1-2H3/t11-/m0/s1. The van der Waals surface area contributed by atoms with Gasteiger partial charge in [0.2, 0.25) is 0 Å². The molecule has 1 atom stereocenters. The fraction of sp³-hybridized carbons (Fsp3) is 0.500. The van der Waals surface area contributed by atoms with Gasteiger partial charge < -0.3 is 15.3 Å². The summed E-state index contributed by atoms with van der Waals surface area (Å²) in [4.78, 5) is 0. The fourth-order valence-electron chi connectivity index (χ4n) is 1.39. The van der Waals surface area contributed by atoms with Crippen molar-refractivity contribution in [1.82, 2.24) is 0 Å². The molecule has 1 aromatic carbocycles. The van der Waals surface area contributed by atoms with E-state index in [1.54, 1.807) is 13.8 Å². The molecule has 15 heavy (non-hydrogen) atoms. The SMILES string of the molecule is CC(C)(O)c1ccc(C[C@H](O)CO)cc1. The Morgan fingerprint density at radius 3 is 2.13 bits per heavy atom. The van der Waals surface area contributed by atoms with Crippen LogP contribution in [0, 0.1) is 0 Å². The van der Waals surface area contributed by atoms with E-state index in [-0.39, 0.29) is 6.61 Å². The van der Waals surface area contributed by atoms with Gasteiger partial charge >= 0.3 is 0 Å². The smallest absolute Gasteiger partial charge is 0.0840 e. The molecule has 0 saturated heterocycles. The molecule has 0 bridgehead atoms. The van der Waals surface area contributed by atoms with Gasteiger partial charge in [0.05, 0.1) is 18.3 Å². The maximum Gasteiger partial charge on any atom is 0.0840 e. The van der Waals surface area contributed by atoms with Gasteiger partial charge in [0.15, 0.2) is 0 Å². The lowest BCUT2D eigenvalue weighted by atomic mass is 9.96. The van der Waals surface area contributed by atoms with E-state index >= 15 is 0 Å². The van der Waals surface area contributed by atoms with Crippen LogP contribution >= 0.6 is 0 Å². The molecule has 0 aliphatic heterocycles. The van der Waals surface area contributed by atoms with E-state index < -0.39 is 11.7 Å². The molecule has 0 fully saturated rings. The number of hydrogen-bond acceptors (Lipinski definition) is 3. The van der Waals surface area contributed by atoms with Gasteiger partial charge in [0, 0.05) is 6.42 Å². The quantitative estimate of drug-likeness (QED) is 0.689. The Kier molecular flexibility index (Phi) is 3.85. The van der Waals surface area contributed by atoms with Crippen LogP contribution < -0.4 is 0 Å². The zero-order chi connectivity index (χ0) is 11.5. The number of rotatable bonds is 4. The molecule has 1 rings (SSSR count). The second-order valence-electron chi connectivity index (χ2n) is 4.30. The normalized spacial score (nSPS) is 13.9. The molecule has 0 aliphatic carbocycles. The molecule has 84 valence electrons. The van der Waals surface area contributed by atoms with Crippen molar-refractivity contribution in [3.8, 4) is 0 Å². The van der Waals surface area contributed by atoms with Gasteiger partial charge in [-0.05, 0) is 25.0 Å². The van der Waals surface area contributed by atoms with E-state index in [2.05, 4.69) is 0 Å². The first-order valence-electron chi connectivity index (χ1n) is 5.04. The van der Waals surface area contributed by atoms with Crippen LogP contribution in [0.4, 0.5) is 0 Å². The van der Waals surface area contributed by atoms with Gasteiger partial charge in [0.25, 0.3) is 0 Å². The molecule has 0 amide bonds. The first-order chi connectivity index (χ1) is 6.93. The second kappa shape index (κ2) is 4.75. The van der Waals surface area contributed by atoms with E-state index in [0.717, 1.165) is 11.1 Å². The molecule has 0 aromatic heterocycles. The summed E-state index contributed by atoms with van der Waals surface area (Å²) in [7, 11) is 0. The summed E-state index contributed by atoms with van der Waals surface area (Å²) in [6.07, 6.45) is -0.277. The molecule has 0 radical (unpaired) electrons. The Bertz CT molecular complexity index is 298. The van der Waals surface area contributed by atoms with Crippen LogP contribution in [-0.2, 0) is 12.0 Å². The number of benzene rings is 1. The second-order valence-corrected chi connectivity index (χ2v) is 4.30. The van der Waals surface area contributed by atoms with Gasteiger partial charge in [-0.15, -0.1) is 0 Å². The third-order valence-corrected chi connectivity index (χ3v) is 2.34. The van der Waals surface area contributed by atoms with Gasteiger partial charge in [-0.3, -0.25) is 0 Å². The molecule has 0 aliphatic rings. The minimum absolute atomic E-state index is 0.229. The lowest BCUT2D eigenvalue weighted by Gasteiger charge is -2.18. The third kappa shape index (κ3) is 3.63. The summed E-state index contributed by atoms with van der Waals surface area (Å²) >= 11 is 0. The van der Waals surface area contributed by atoms with Crippen LogP contribution in [0.15, 0.2) is 24.3 Å². The highest BCUT2D eigenvalue weighted by molar-refractivity contribution is 5.26. The zero-order valence-corrected chi connectivity index (χ0v) is 9.14. The molecule has 3 nitrogen and oxygen atoms in total. The van der Waals surface area contributed by atoms with Crippen LogP contribution in [0.1, 0.15) is 25.0 Å². The van der Waals surface area contributed by atoms with E-state index in [4.69, 9.17) is 5.11 Å². The van der Waals surface area contributed by atoms with Crippen LogP contribution in [0.3, 0.4) is 0 Å². The fourth-order valence-corrected chi connectivity index (χ4v) is 1.39. The van der Waals surface area contributed by atoms with Gasteiger partial charge in [0.1, 0.15) is 0 Å². The number of hydrogen-bond donors (Lipinski definition) is 3. The van der Waals surface area contributed by atoms with Crippen LogP contribution in [0.2, 0.25) is 0 Å². The first kappa shape index (κ1) is 12.2. The highest BCUT2D eigenvalue weighted by Crippen LogP contribution is 2.19. The topological polar surface area (TPSA) is 60.7 Å². The molecular formula is C12H18O3. The minimum atomic E-state index is -0.839. The van der Waals surface area contributed by atoms with Crippen molar-refractivity contribution >= 4 is 0 Å². The summed E-state index contributed by atoms with van der Waals surface area (Å²) in [6, 6.07) is 7.37. The molecule has 0 unspecified atom stereocenters. The molecule has 3 N–H and O–H groups in total. The summed E-state index contributed by atoms with van der Waals surface area (Å²) in [5.41, 5.74) is 0.947. The lowest BCUT2D eigenvalue weighted by Crippen LogP contribution is -2.17. The van der Waals surface area contributed by atoms with E-state index in [9.17, 15) is 10.2 Å². The monoisotopic (exact) mass is 210 g/mol. The Morgan fingerprint density at radius 1 is 1.20 bits per heavy atom. The summed E-state index contributed by atoms with van der Waals surface area (Å²) in [5, 5.41) is 27.6. The van der Waals surface area contributed by atoms with E-state index in [0.29, 0.717) is 6.42 Å². The van der Waals surface area contributed by atoms with Crippen molar-refractivity contribution in [2.45, 2.75) is 32.0 Å². The Labute approximate surface area is 90.0 Å². The van der Waals surface area contributed by atoms with Gasteiger partial charge in [-0.2, -0.15) is 0 Å². The average Bonchev–Trinajstić information content (AvgIpc) is 2.17. The van der Waals surface area contributed by atoms with E-state index in [1.807, 2.05) is 24.3 Å². The summed E-state index contributed by atoms with van der Waals surface area (Å²) in [6.45, 7) is 3.22. The maximum absolute atomic E-state index is 9.72. The molecule has 1 aromatic rings. The lowest BCUT2D eigenvalue weighted by molar-refractivity contribution is 0.0785. The highest BCUT2D eigenvalue weighted by atomic mass is 16.3. The number of aliphatic hydroxyl groups is 3. The molecule has 0 saturated carbocycles. The Hall–Kier alpha value is -0.900. The predicted octanol–water partition coefficient (Wildman–Crippen LogP) is 0.810. The van der Waals surface area contributed by atoms with Crippen molar-refractivity contribution in [1.29, 1.82) is 0 Å². The van der Waals surface area contributed by atoms with Crippen molar-refractivity contribution in [2.24, 2.45) is 0 Å². The van der Waals surface area contributed by atoms with Crippen molar-refractivity contribution in [3.05, 3.63) is 35.4 Å². The van der Waals surface area contributed by atoms with Gasteiger partial charge in [-0.25, -0.2) is 0 Å². The van der Waals surface area contributed by atoms with Crippen LogP contribution in [0.5, 0.6) is 0 Å². The number of aliphatic hydroxyl groups excluding tert-OH is 2. The molecule has 0 heterocycles. The summed E-state index contributed by atoms with van der Waals surface area (Å²) in [5.74, 6) is 0. The minimum Gasteiger partial charge on any atom is -0.394 e. The largest absolute Gasteiger partial charge is 0.394 e. The van der Waals surface area contributed by atoms with Gasteiger partial charge in [-0.1, -0.05) is 24.3 Å². The Balaban J connectivity index is 2.73. The zero-order valence-electron chi connectivity index (χ0n) is 9.14. The van der Waals surface area contributed by atoms with Crippen molar-refractivity contribution < 1.29 is 15.3 Å². The first-order valence-corrected chi connectivity index (χ1v) is 5.04. The summed E-state index contributed by atoms with van der Waals surface area (Å²) < 4.78 is 0. The van der Waals surface area contributed by atoms with Crippen LogP contribution in [0.25, 0.3) is 0 Å². The Morgan fingerprint density at radius 2 is 1.73 bits per heavy atom. The molecule has 0 spiro atoms. The van der Waals surface area contributed by atoms with E-state index in [1.165, 1.54) is 0 Å². The average molecular weight is 210 g/mol. The molecular weight excluding hydrogens is 192 g/mol. The highest BCUT2D eigenvalue weighted by Gasteiger charge is 2.15. The van der Waals surface area contributed by atoms with Crippen molar-refractivity contribution in [3.63, 3.8) is 0 Å². The molecule has 3 heteroatoms. The predicted molar refractivity (Wildman–Crippen MR) is 58.5 cm³/mol. The maximum atomic E-state index is 9.72. The van der Waals surface area contributed by atoms with Crippen LogP contribution in [-0.4, -0.2) is 28.0 Å². The van der Waals surface area contributed by atoms with Crippen molar-refractivity contribution in [2.75, 3.05) is 6.61 Å².